The molecule has 0 aliphatic carbocycles. The molecule has 0 aliphatic rings. The van der Waals surface area contributed by atoms with E-state index in [4.69, 9.17) is 0 Å². The molecule has 1 N–H and O–H groups in total. The molecule has 0 unspecified atom stereocenters. The third-order valence-electron chi connectivity index (χ3n) is 1.98. The number of hydrogen-bond acceptors (Lipinski definition) is 3. The van der Waals surface area contributed by atoms with Gasteiger partial charge in [-0.1, -0.05) is 13.8 Å². The van der Waals surface area contributed by atoms with Crippen LogP contribution in [0.5, 0.6) is 5.75 Å². The summed E-state index contributed by atoms with van der Waals surface area (Å²) in [6, 6.07) is 4.00. The van der Waals surface area contributed by atoms with Crippen LogP contribution in [0.2, 0.25) is 0 Å². The standard InChI is InChI=1S/C11H13F3NO3S/c1-8(2)7-15-19(16,17)10-5-3-9(4-6-10)18-11(12,13)14/h3-6,15H,7H2,1-2H3. The van der Waals surface area contributed by atoms with Crippen LogP contribution in [0, 0.1) is 5.92 Å². The summed E-state index contributed by atoms with van der Waals surface area (Å²) in [5.41, 5.74) is 0. The number of rotatable bonds is 5. The van der Waals surface area contributed by atoms with Crippen molar-refractivity contribution >= 4 is 10.0 Å². The Labute approximate surface area is 109 Å². The fraction of sp³-hybridized carbons (Fsp3) is 0.364. The van der Waals surface area contributed by atoms with E-state index in [1.54, 1.807) is 13.8 Å². The fourth-order valence-corrected chi connectivity index (χ4v) is 2.28. The Morgan fingerprint density at radius 1 is 1.21 bits per heavy atom. The van der Waals surface area contributed by atoms with Crippen molar-refractivity contribution in [2.45, 2.75) is 25.1 Å². The summed E-state index contributed by atoms with van der Waals surface area (Å²) >= 11 is 0. The third kappa shape index (κ3) is 5.48. The molecule has 0 amide bonds. The Balaban J connectivity index is 2.81. The molecule has 0 aromatic heterocycles. The van der Waals surface area contributed by atoms with Gasteiger partial charge in [0, 0.05) is 6.54 Å². The maximum Gasteiger partial charge on any atom is 0.573 e. The van der Waals surface area contributed by atoms with Crippen molar-refractivity contribution in [3.05, 3.63) is 30.2 Å². The molecule has 1 aromatic rings. The molecule has 0 fully saturated rings. The average molecular weight is 296 g/mol. The average Bonchev–Trinajstić information content (AvgIpc) is 2.25. The minimum atomic E-state index is -4.80. The zero-order chi connectivity index (χ0) is 14.7. The summed E-state index contributed by atoms with van der Waals surface area (Å²) in [5.74, 6) is 0.394. The number of ether oxygens (including phenoxy) is 1. The molecule has 4 nitrogen and oxygen atoms in total. The molecule has 19 heavy (non-hydrogen) atoms. The van der Waals surface area contributed by atoms with E-state index in [9.17, 15) is 21.6 Å². The number of sulfonamides is 1. The highest BCUT2D eigenvalue weighted by Crippen LogP contribution is 2.23. The van der Waals surface area contributed by atoms with E-state index in [0.717, 1.165) is 30.2 Å². The SMILES string of the molecule is C[C](C)CNS(=O)(=O)c1ccc(OC(F)(F)F)cc1. The van der Waals surface area contributed by atoms with E-state index in [1.807, 2.05) is 0 Å². The lowest BCUT2D eigenvalue weighted by atomic mass is 10.2. The Kier molecular flexibility index (Phi) is 4.81. The third-order valence-corrected chi connectivity index (χ3v) is 3.40. The fourth-order valence-electron chi connectivity index (χ4n) is 1.14. The molecule has 8 heteroatoms. The summed E-state index contributed by atoms with van der Waals surface area (Å²) in [7, 11) is -3.72. The van der Waals surface area contributed by atoms with Crippen molar-refractivity contribution in [1.82, 2.24) is 4.72 Å². The van der Waals surface area contributed by atoms with Gasteiger partial charge in [-0.2, -0.15) is 0 Å². The van der Waals surface area contributed by atoms with Crippen molar-refractivity contribution in [2.75, 3.05) is 6.54 Å². The number of benzene rings is 1. The zero-order valence-electron chi connectivity index (χ0n) is 10.3. The molecule has 107 valence electrons. The van der Waals surface area contributed by atoms with Crippen LogP contribution in [-0.2, 0) is 10.0 Å². The van der Waals surface area contributed by atoms with Gasteiger partial charge in [0.2, 0.25) is 10.0 Å². The van der Waals surface area contributed by atoms with Crippen molar-refractivity contribution in [3.8, 4) is 5.75 Å². The molecular formula is C11H13F3NO3S. The van der Waals surface area contributed by atoms with E-state index in [1.165, 1.54) is 0 Å². The Hall–Kier alpha value is -1.28. The normalized spacial score (nSPS) is 12.7. The lowest BCUT2D eigenvalue weighted by Gasteiger charge is -2.11. The molecule has 0 saturated heterocycles. The Morgan fingerprint density at radius 2 is 1.74 bits per heavy atom. The topological polar surface area (TPSA) is 55.4 Å². The highest BCUT2D eigenvalue weighted by atomic mass is 32.2. The van der Waals surface area contributed by atoms with Gasteiger partial charge < -0.3 is 4.74 Å². The molecule has 1 radical (unpaired) electrons. The molecule has 0 spiro atoms. The van der Waals surface area contributed by atoms with E-state index in [-0.39, 0.29) is 11.4 Å². The molecule has 0 atom stereocenters. The van der Waals surface area contributed by atoms with Crippen LogP contribution in [0.4, 0.5) is 13.2 Å². The maximum absolute atomic E-state index is 11.9. The van der Waals surface area contributed by atoms with Gasteiger partial charge >= 0.3 is 6.36 Å². The number of alkyl halides is 3. The Morgan fingerprint density at radius 3 is 2.16 bits per heavy atom. The summed E-state index contributed by atoms with van der Waals surface area (Å²) in [6.07, 6.45) is -4.80. The number of nitrogens with one attached hydrogen (secondary N) is 1. The number of halogens is 3. The van der Waals surface area contributed by atoms with Gasteiger partial charge in [0.15, 0.2) is 0 Å². The van der Waals surface area contributed by atoms with Crippen molar-refractivity contribution < 1.29 is 26.3 Å². The second-order valence-corrected chi connectivity index (χ2v) is 5.82. The van der Waals surface area contributed by atoms with Gasteiger partial charge in [0.1, 0.15) is 5.75 Å². The molecule has 0 bridgehead atoms. The summed E-state index contributed by atoms with van der Waals surface area (Å²) in [5, 5.41) is 0. The van der Waals surface area contributed by atoms with Gasteiger partial charge in [-0.25, -0.2) is 13.1 Å². The summed E-state index contributed by atoms with van der Waals surface area (Å²) < 4.78 is 65.2. The quantitative estimate of drug-likeness (QED) is 0.908. The lowest BCUT2D eigenvalue weighted by Crippen LogP contribution is -2.26. The first-order valence-electron chi connectivity index (χ1n) is 5.25. The van der Waals surface area contributed by atoms with Crippen LogP contribution in [0.3, 0.4) is 0 Å². The van der Waals surface area contributed by atoms with Crippen LogP contribution < -0.4 is 9.46 Å². The van der Waals surface area contributed by atoms with Gasteiger partial charge in [0.25, 0.3) is 0 Å². The minimum Gasteiger partial charge on any atom is -0.406 e. The van der Waals surface area contributed by atoms with Crippen LogP contribution in [0.1, 0.15) is 13.8 Å². The Bertz CT molecular complexity index is 509. The molecule has 0 saturated carbocycles. The monoisotopic (exact) mass is 296 g/mol. The van der Waals surface area contributed by atoms with E-state index in [0.29, 0.717) is 0 Å². The van der Waals surface area contributed by atoms with E-state index < -0.39 is 22.1 Å². The van der Waals surface area contributed by atoms with Crippen molar-refractivity contribution in [2.24, 2.45) is 0 Å². The molecule has 0 aliphatic heterocycles. The van der Waals surface area contributed by atoms with Crippen LogP contribution >= 0.6 is 0 Å². The van der Waals surface area contributed by atoms with Gasteiger partial charge in [0.05, 0.1) is 4.90 Å². The summed E-state index contributed by atoms with van der Waals surface area (Å²) in [4.78, 5) is -0.122. The van der Waals surface area contributed by atoms with E-state index in [2.05, 4.69) is 9.46 Å². The highest BCUT2D eigenvalue weighted by molar-refractivity contribution is 7.89. The minimum absolute atomic E-state index is 0.122. The molecule has 1 rings (SSSR count). The van der Waals surface area contributed by atoms with Crippen LogP contribution in [0.15, 0.2) is 29.2 Å². The van der Waals surface area contributed by atoms with E-state index >= 15 is 0 Å². The largest absolute Gasteiger partial charge is 0.573 e. The first-order chi connectivity index (χ1) is 8.60. The van der Waals surface area contributed by atoms with Crippen molar-refractivity contribution in [1.29, 1.82) is 0 Å². The van der Waals surface area contributed by atoms with Gasteiger partial charge in [-0.05, 0) is 30.2 Å². The maximum atomic E-state index is 11.9. The van der Waals surface area contributed by atoms with Gasteiger partial charge in [-0.15, -0.1) is 13.2 Å². The van der Waals surface area contributed by atoms with Gasteiger partial charge in [-0.3, -0.25) is 0 Å². The molecule has 1 aromatic carbocycles. The number of hydrogen-bond donors (Lipinski definition) is 1. The van der Waals surface area contributed by atoms with Crippen LogP contribution in [0.25, 0.3) is 0 Å². The molecule has 0 heterocycles. The summed E-state index contributed by atoms with van der Waals surface area (Å²) in [6.45, 7) is 3.68. The van der Waals surface area contributed by atoms with Crippen molar-refractivity contribution in [3.63, 3.8) is 0 Å². The van der Waals surface area contributed by atoms with Crippen LogP contribution in [-0.4, -0.2) is 21.3 Å². The predicted molar refractivity (Wildman–Crippen MR) is 62.9 cm³/mol. The second kappa shape index (κ2) is 5.79. The smallest absolute Gasteiger partial charge is 0.406 e. The highest BCUT2D eigenvalue weighted by Gasteiger charge is 2.31. The second-order valence-electron chi connectivity index (χ2n) is 4.05. The zero-order valence-corrected chi connectivity index (χ0v) is 11.1. The predicted octanol–water partition coefficient (Wildman–Crippen LogP) is 2.48. The molecular weight excluding hydrogens is 283 g/mol. The first kappa shape index (κ1) is 15.8. The first-order valence-corrected chi connectivity index (χ1v) is 6.73. The lowest BCUT2D eigenvalue weighted by molar-refractivity contribution is -0.274.